The van der Waals surface area contributed by atoms with E-state index in [0.29, 0.717) is 18.1 Å². The summed E-state index contributed by atoms with van der Waals surface area (Å²) in [4.78, 5) is 16.7. The Morgan fingerprint density at radius 3 is 2.46 bits per heavy atom. The van der Waals surface area contributed by atoms with Crippen molar-refractivity contribution in [2.24, 2.45) is 0 Å². The molecule has 0 spiro atoms. The van der Waals surface area contributed by atoms with Gasteiger partial charge in [0.25, 0.3) is 0 Å². The van der Waals surface area contributed by atoms with Crippen LogP contribution >= 0.6 is 11.6 Å². The zero-order chi connectivity index (χ0) is 19.3. The normalized spacial score (nSPS) is 14.6. The molecule has 2 aromatic carbocycles. The molecule has 0 aliphatic carbocycles. The number of rotatable bonds is 4. The Balaban J connectivity index is 1.43. The third kappa shape index (κ3) is 4.12. The first kappa shape index (κ1) is 18.4. The fraction of sp³-hybridized carbons (Fsp3) is 0.174. The van der Waals surface area contributed by atoms with Crippen LogP contribution in [0.3, 0.4) is 0 Å². The zero-order valence-electron chi connectivity index (χ0n) is 15.4. The van der Waals surface area contributed by atoms with Crippen LogP contribution in [0.25, 0.3) is 17.4 Å². The van der Waals surface area contributed by atoms with Crippen LogP contribution in [0.5, 0.6) is 0 Å². The SMILES string of the molecule is O=C(C=Cc1ccccc1)N1CCN(c2ccc(Cl)cc2-c2ccco2)CC1. The molecule has 0 bridgehead atoms. The van der Waals surface area contributed by atoms with Gasteiger partial charge in [0.1, 0.15) is 5.76 Å². The average molecular weight is 393 g/mol. The molecule has 0 radical (unpaired) electrons. The smallest absolute Gasteiger partial charge is 0.246 e. The second-order valence-corrected chi connectivity index (χ2v) is 7.13. The quantitative estimate of drug-likeness (QED) is 0.589. The molecule has 0 saturated carbocycles. The molecule has 0 N–H and O–H groups in total. The number of benzene rings is 2. The second kappa shape index (κ2) is 8.36. The average Bonchev–Trinajstić information content (AvgIpc) is 3.28. The van der Waals surface area contributed by atoms with Crippen LogP contribution in [0, 0.1) is 0 Å². The standard InChI is InChI=1S/C23H21ClN2O2/c24-19-9-10-21(20(17-19)22-7-4-16-28-22)25-12-14-26(15-13-25)23(27)11-8-18-5-2-1-3-6-18/h1-11,16-17H,12-15H2. The largest absolute Gasteiger partial charge is 0.464 e. The zero-order valence-corrected chi connectivity index (χ0v) is 16.2. The molecule has 142 valence electrons. The Bertz CT molecular complexity index is 960. The molecule has 28 heavy (non-hydrogen) atoms. The molecular formula is C23H21ClN2O2. The molecule has 1 amide bonds. The lowest BCUT2D eigenvalue weighted by Gasteiger charge is -2.36. The van der Waals surface area contributed by atoms with Crippen molar-refractivity contribution in [1.29, 1.82) is 0 Å². The maximum Gasteiger partial charge on any atom is 0.246 e. The van der Waals surface area contributed by atoms with Crippen LogP contribution in [-0.2, 0) is 4.79 Å². The third-order valence-corrected chi connectivity index (χ3v) is 5.13. The highest BCUT2D eigenvalue weighted by atomic mass is 35.5. The number of carbonyl (C=O) groups excluding carboxylic acids is 1. The predicted molar refractivity (Wildman–Crippen MR) is 113 cm³/mol. The molecular weight excluding hydrogens is 372 g/mol. The van der Waals surface area contributed by atoms with Crippen molar-refractivity contribution in [3.05, 3.63) is 83.6 Å². The van der Waals surface area contributed by atoms with E-state index in [9.17, 15) is 4.79 Å². The summed E-state index contributed by atoms with van der Waals surface area (Å²) in [5, 5.41) is 0.676. The molecule has 2 heterocycles. The Labute approximate surface area is 169 Å². The van der Waals surface area contributed by atoms with E-state index < -0.39 is 0 Å². The van der Waals surface area contributed by atoms with E-state index in [1.165, 1.54) is 0 Å². The number of amides is 1. The first-order chi connectivity index (χ1) is 13.7. The van der Waals surface area contributed by atoms with E-state index >= 15 is 0 Å². The third-order valence-electron chi connectivity index (χ3n) is 4.90. The molecule has 4 nitrogen and oxygen atoms in total. The van der Waals surface area contributed by atoms with Gasteiger partial charge in [0.05, 0.1) is 6.26 Å². The first-order valence-corrected chi connectivity index (χ1v) is 9.69. The Morgan fingerprint density at radius 2 is 1.75 bits per heavy atom. The molecule has 0 unspecified atom stereocenters. The lowest BCUT2D eigenvalue weighted by Crippen LogP contribution is -2.48. The number of hydrogen-bond acceptors (Lipinski definition) is 3. The lowest BCUT2D eigenvalue weighted by molar-refractivity contribution is -0.126. The summed E-state index contributed by atoms with van der Waals surface area (Å²) in [5.41, 5.74) is 3.08. The van der Waals surface area contributed by atoms with Crippen LogP contribution in [0.4, 0.5) is 5.69 Å². The molecule has 1 aliphatic rings. The number of furan rings is 1. The number of carbonyl (C=O) groups is 1. The highest BCUT2D eigenvalue weighted by Crippen LogP contribution is 2.34. The van der Waals surface area contributed by atoms with Gasteiger partial charge in [0.15, 0.2) is 0 Å². The summed E-state index contributed by atoms with van der Waals surface area (Å²) in [6, 6.07) is 19.5. The maximum absolute atomic E-state index is 12.5. The van der Waals surface area contributed by atoms with Crippen LogP contribution in [0.2, 0.25) is 5.02 Å². The number of anilines is 1. The number of piperazine rings is 1. The fourth-order valence-electron chi connectivity index (χ4n) is 3.42. The minimum absolute atomic E-state index is 0.0471. The fourth-order valence-corrected chi connectivity index (χ4v) is 3.59. The van der Waals surface area contributed by atoms with Crippen molar-refractivity contribution in [3.63, 3.8) is 0 Å². The van der Waals surface area contributed by atoms with Crippen molar-refractivity contribution < 1.29 is 9.21 Å². The van der Waals surface area contributed by atoms with Crippen LogP contribution < -0.4 is 4.90 Å². The molecule has 1 fully saturated rings. The van der Waals surface area contributed by atoms with E-state index in [0.717, 1.165) is 35.7 Å². The van der Waals surface area contributed by atoms with Gasteiger partial charge in [0.2, 0.25) is 5.91 Å². The Hall–Kier alpha value is -2.98. The minimum atomic E-state index is 0.0471. The van der Waals surface area contributed by atoms with Crippen LogP contribution in [0.1, 0.15) is 5.56 Å². The molecule has 0 atom stereocenters. The molecule has 1 aromatic heterocycles. The van der Waals surface area contributed by atoms with Gasteiger partial charge in [-0.15, -0.1) is 0 Å². The van der Waals surface area contributed by atoms with E-state index in [1.807, 2.05) is 71.6 Å². The van der Waals surface area contributed by atoms with E-state index in [4.69, 9.17) is 16.0 Å². The topological polar surface area (TPSA) is 36.7 Å². The molecule has 1 saturated heterocycles. The molecule has 5 heteroatoms. The molecule has 1 aliphatic heterocycles. The van der Waals surface area contributed by atoms with Crippen molar-refractivity contribution in [1.82, 2.24) is 4.90 Å². The Morgan fingerprint density at radius 1 is 0.964 bits per heavy atom. The van der Waals surface area contributed by atoms with Crippen molar-refractivity contribution in [2.45, 2.75) is 0 Å². The summed E-state index contributed by atoms with van der Waals surface area (Å²) in [6.07, 6.45) is 5.18. The predicted octanol–water partition coefficient (Wildman–Crippen LogP) is 4.96. The van der Waals surface area contributed by atoms with Crippen molar-refractivity contribution in [2.75, 3.05) is 31.1 Å². The Kier molecular flexibility index (Phi) is 5.49. The lowest BCUT2D eigenvalue weighted by atomic mass is 10.1. The summed E-state index contributed by atoms with van der Waals surface area (Å²) < 4.78 is 5.58. The summed E-state index contributed by atoms with van der Waals surface area (Å²) in [5.74, 6) is 0.840. The first-order valence-electron chi connectivity index (χ1n) is 9.31. The van der Waals surface area contributed by atoms with Gasteiger partial charge in [-0.3, -0.25) is 4.79 Å². The number of halogens is 1. The number of hydrogen-bond donors (Lipinski definition) is 0. The summed E-state index contributed by atoms with van der Waals surface area (Å²) in [7, 11) is 0. The van der Waals surface area contributed by atoms with Gasteiger partial charge in [-0.25, -0.2) is 0 Å². The van der Waals surface area contributed by atoms with Gasteiger partial charge >= 0.3 is 0 Å². The highest BCUT2D eigenvalue weighted by Gasteiger charge is 2.22. The van der Waals surface area contributed by atoms with Crippen LogP contribution in [0.15, 0.2) is 77.4 Å². The maximum atomic E-state index is 12.5. The monoisotopic (exact) mass is 392 g/mol. The van der Waals surface area contributed by atoms with Gasteiger partial charge in [0, 0.05) is 48.5 Å². The van der Waals surface area contributed by atoms with E-state index in [-0.39, 0.29) is 5.91 Å². The van der Waals surface area contributed by atoms with E-state index in [1.54, 1.807) is 12.3 Å². The van der Waals surface area contributed by atoms with Crippen molar-refractivity contribution in [3.8, 4) is 11.3 Å². The minimum Gasteiger partial charge on any atom is -0.464 e. The highest BCUT2D eigenvalue weighted by molar-refractivity contribution is 6.31. The van der Waals surface area contributed by atoms with Crippen molar-refractivity contribution >= 4 is 29.3 Å². The number of nitrogens with zero attached hydrogens (tertiary/aromatic N) is 2. The summed E-state index contributed by atoms with van der Waals surface area (Å²) >= 11 is 6.20. The van der Waals surface area contributed by atoms with Gasteiger partial charge < -0.3 is 14.2 Å². The van der Waals surface area contributed by atoms with Gasteiger partial charge in [-0.1, -0.05) is 41.9 Å². The molecule has 3 aromatic rings. The summed E-state index contributed by atoms with van der Waals surface area (Å²) in [6.45, 7) is 2.89. The molecule has 4 rings (SSSR count). The van der Waals surface area contributed by atoms with Gasteiger partial charge in [-0.2, -0.15) is 0 Å². The second-order valence-electron chi connectivity index (χ2n) is 6.70. The van der Waals surface area contributed by atoms with Gasteiger partial charge in [-0.05, 0) is 42.0 Å². The van der Waals surface area contributed by atoms with E-state index in [2.05, 4.69) is 4.90 Å². The van der Waals surface area contributed by atoms with Crippen LogP contribution in [-0.4, -0.2) is 37.0 Å².